The highest BCUT2D eigenvalue weighted by Gasteiger charge is 2.24. The average molecular weight is 307 g/mol. The third-order valence-electron chi connectivity index (χ3n) is 3.30. The van der Waals surface area contributed by atoms with Crippen molar-refractivity contribution >= 4 is 32.5 Å². The second-order valence-corrected chi connectivity index (χ2v) is 6.94. The van der Waals surface area contributed by atoms with Crippen LogP contribution in [0.3, 0.4) is 0 Å². The fraction of sp³-hybridized carbons (Fsp3) is 0.267. The van der Waals surface area contributed by atoms with E-state index in [1.54, 1.807) is 12.1 Å². The minimum atomic E-state index is -3.57. The Balaban J connectivity index is 2.57. The van der Waals surface area contributed by atoms with Crippen LogP contribution in [-0.4, -0.2) is 32.3 Å². The van der Waals surface area contributed by atoms with Crippen molar-refractivity contribution in [3.63, 3.8) is 0 Å². The summed E-state index contributed by atoms with van der Waals surface area (Å²) in [6, 6.07) is 12.8. The van der Waals surface area contributed by atoms with Crippen LogP contribution in [0.4, 0.5) is 5.69 Å². The molecule has 0 aliphatic heterocycles. The smallest absolute Gasteiger partial charge is 0.308 e. The summed E-state index contributed by atoms with van der Waals surface area (Å²) in [6.45, 7) is 1.40. The molecular formula is C15H17NO4S. The van der Waals surface area contributed by atoms with Crippen molar-refractivity contribution < 1.29 is 18.3 Å². The molecule has 0 radical (unpaired) electrons. The highest BCUT2D eigenvalue weighted by molar-refractivity contribution is 7.92. The molecule has 0 saturated carbocycles. The van der Waals surface area contributed by atoms with E-state index in [1.807, 2.05) is 30.3 Å². The fourth-order valence-electron chi connectivity index (χ4n) is 2.17. The van der Waals surface area contributed by atoms with Crippen molar-refractivity contribution in [3.8, 4) is 0 Å². The lowest BCUT2D eigenvalue weighted by Gasteiger charge is -2.25. The van der Waals surface area contributed by atoms with Crippen molar-refractivity contribution in [1.29, 1.82) is 0 Å². The normalized spacial score (nSPS) is 13.0. The van der Waals surface area contributed by atoms with Crippen LogP contribution < -0.4 is 4.31 Å². The molecule has 0 fully saturated rings. The highest BCUT2D eigenvalue weighted by Crippen LogP contribution is 2.29. The van der Waals surface area contributed by atoms with E-state index in [4.69, 9.17) is 5.11 Å². The number of carboxylic acid groups (broad SMARTS) is 1. The van der Waals surface area contributed by atoms with E-state index < -0.39 is 21.9 Å². The quantitative estimate of drug-likeness (QED) is 0.920. The van der Waals surface area contributed by atoms with Gasteiger partial charge in [-0.1, -0.05) is 43.3 Å². The first-order valence-electron chi connectivity index (χ1n) is 6.49. The predicted octanol–water partition coefficient (Wildman–Crippen LogP) is 2.33. The van der Waals surface area contributed by atoms with Crippen LogP contribution in [0.1, 0.15) is 6.92 Å². The molecule has 112 valence electrons. The monoisotopic (exact) mass is 307 g/mol. The highest BCUT2D eigenvalue weighted by atomic mass is 32.2. The topological polar surface area (TPSA) is 74.7 Å². The van der Waals surface area contributed by atoms with Crippen LogP contribution in [0.5, 0.6) is 0 Å². The second-order valence-electron chi connectivity index (χ2n) is 5.03. The maximum atomic E-state index is 12.1. The number of anilines is 1. The molecule has 2 rings (SSSR count). The van der Waals surface area contributed by atoms with Crippen molar-refractivity contribution in [2.24, 2.45) is 5.92 Å². The average Bonchev–Trinajstić information content (AvgIpc) is 2.42. The van der Waals surface area contributed by atoms with E-state index >= 15 is 0 Å². The van der Waals surface area contributed by atoms with Gasteiger partial charge in [-0.25, -0.2) is 8.42 Å². The summed E-state index contributed by atoms with van der Waals surface area (Å²) in [5.41, 5.74) is 0.503. The zero-order valence-corrected chi connectivity index (χ0v) is 12.7. The first-order chi connectivity index (χ1) is 9.80. The third-order valence-corrected chi connectivity index (χ3v) is 4.44. The number of hydrogen-bond donors (Lipinski definition) is 1. The summed E-state index contributed by atoms with van der Waals surface area (Å²) in [4.78, 5) is 11.0. The summed E-state index contributed by atoms with van der Waals surface area (Å²) in [5, 5.41) is 10.7. The number of aliphatic carboxylic acids is 1. The van der Waals surface area contributed by atoms with Crippen molar-refractivity contribution in [2.75, 3.05) is 17.1 Å². The molecule has 0 amide bonds. The van der Waals surface area contributed by atoms with E-state index in [1.165, 1.54) is 6.92 Å². The lowest BCUT2D eigenvalue weighted by Crippen LogP contribution is -2.36. The first kappa shape index (κ1) is 15.3. The van der Waals surface area contributed by atoms with Gasteiger partial charge in [0, 0.05) is 11.9 Å². The van der Waals surface area contributed by atoms with Crippen LogP contribution in [0, 0.1) is 5.92 Å². The standard InChI is InChI=1S/C15H17NO4S/c1-11(15(17)18)10-16(21(2,19)20)14-9-5-7-12-6-3-4-8-13(12)14/h3-9,11H,10H2,1-2H3,(H,17,18). The zero-order chi connectivity index (χ0) is 15.6. The summed E-state index contributed by atoms with van der Waals surface area (Å²) in [6.07, 6.45) is 1.09. The molecule has 2 aromatic carbocycles. The molecule has 0 heterocycles. The van der Waals surface area contributed by atoms with Crippen molar-refractivity contribution in [1.82, 2.24) is 0 Å². The Morgan fingerprint density at radius 2 is 1.81 bits per heavy atom. The molecule has 0 saturated heterocycles. The van der Waals surface area contributed by atoms with E-state index in [-0.39, 0.29) is 6.54 Å². The fourth-order valence-corrected chi connectivity index (χ4v) is 3.18. The van der Waals surface area contributed by atoms with Crippen LogP contribution in [0.2, 0.25) is 0 Å². The largest absolute Gasteiger partial charge is 0.481 e. The van der Waals surface area contributed by atoms with Gasteiger partial charge < -0.3 is 5.11 Å². The van der Waals surface area contributed by atoms with Crippen LogP contribution in [0.25, 0.3) is 10.8 Å². The van der Waals surface area contributed by atoms with Gasteiger partial charge >= 0.3 is 5.97 Å². The van der Waals surface area contributed by atoms with E-state index in [2.05, 4.69) is 0 Å². The number of carboxylic acids is 1. The summed E-state index contributed by atoms with van der Waals surface area (Å²) < 4.78 is 25.3. The predicted molar refractivity (Wildman–Crippen MR) is 82.9 cm³/mol. The number of benzene rings is 2. The first-order valence-corrected chi connectivity index (χ1v) is 8.34. The van der Waals surface area contributed by atoms with Crippen molar-refractivity contribution in [2.45, 2.75) is 6.92 Å². The molecule has 1 N–H and O–H groups in total. The number of sulfonamides is 1. The van der Waals surface area contributed by atoms with E-state index in [0.29, 0.717) is 5.69 Å². The van der Waals surface area contributed by atoms with Crippen LogP contribution in [0.15, 0.2) is 42.5 Å². The van der Waals surface area contributed by atoms with Crippen LogP contribution in [-0.2, 0) is 14.8 Å². The molecule has 0 spiro atoms. The molecule has 2 aromatic rings. The van der Waals surface area contributed by atoms with Crippen molar-refractivity contribution in [3.05, 3.63) is 42.5 Å². The molecule has 0 aliphatic rings. The number of hydrogen-bond acceptors (Lipinski definition) is 3. The number of carbonyl (C=O) groups is 1. The maximum absolute atomic E-state index is 12.1. The lowest BCUT2D eigenvalue weighted by molar-refractivity contribution is -0.140. The molecular weight excluding hydrogens is 290 g/mol. The van der Waals surface area contributed by atoms with Gasteiger partial charge in [0.15, 0.2) is 0 Å². The summed E-state index contributed by atoms with van der Waals surface area (Å²) >= 11 is 0. The van der Waals surface area contributed by atoms with Gasteiger partial charge in [0.25, 0.3) is 0 Å². The summed E-state index contributed by atoms with van der Waals surface area (Å²) in [5.74, 6) is -1.82. The van der Waals surface area contributed by atoms with Gasteiger partial charge in [-0.05, 0) is 11.5 Å². The SMILES string of the molecule is CC(CN(c1cccc2ccccc12)S(C)(=O)=O)C(=O)O. The van der Waals surface area contributed by atoms with E-state index in [0.717, 1.165) is 21.3 Å². The Morgan fingerprint density at radius 1 is 1.19 bits per heavy atom. The Morgan fingerprint density at radius 3 is 2.43 bits per heavy atom. The Hall–Kier alpha value is -2.08. The number of nitrogens with zero attached hydrogens (tertiary/aromatic N) is 1. The second kappa shape index (κ2) is 5.73. The number of rotatable bonds is 5. The summed E-state index contributed by atoms with van der Waals surface area (Å²) in [7, 11) is -3.57. The molecule has 1 atom stereocenters. The Labute approximate surface area is 123 Å². The van der Waals surface area contributed by atoms with E-state index in [9.17, 15) is 13.2 Å². The molecule has 0 bridgehead atoms. The molecule has 6 heteroatoms. The number of fused-ring (bicyclic) bond motifs is 1. The zero-order valence-electron chi connectivity index (χ0n) is 11.9. The Bertz CT molecular complexity index is 765. The van der Waals surface area contributed by atoms with Gasteiger partial charge in [-0.15, -0.1) is 0 Å². The van der Waals surface area contributed by atoms with Crippen LogP contribution >= 0.6 is 0 Å². The minimum Gasteiger partial charge on any atom is -0.481 e. The van der Waals surface area contributed by atoms with Gasteiger partial charge in [0.05, 0.1) is 17.9 Å². The maximum Gasteiger partial charge on any atom is 0.308 e. The molecule has 0 aliphatic carbocycles. The molecule has 21 heavy (non-hydrogen) atoms. The third kappa shape index (κ3) is 3.33. The lowest BCUT2D eigenvalue weighted by atomic mass is 10.1. The molecule has 0 aromatic heterocycles. The van der Waals surface area contributed by atoms with Gasteiger partial charge in [-0.2, -0.15) is 0 Å². The minimum absolute atomic E-state index is 0.0951. The van der Waals surface area contributed by atoms with Gasteiger partial charge in [0.2, 0.25) is 10.0 Å². The van der Waals surface area contributed by atoms with Gasteiger partial charge in [0.1, 0.15) is 0 Å². The molecule has 5 nitrogen and oxygen atoms in total. The Kier molecular flexibility index (Phi) is 4.18. The molecule has 1 unspecified atom stereocenters. The van der Waals surface area contributed by atoms with Gasteiger partial charge in [-0.3, -0.25) is 9.10 Å².